The normalized spacial score (nSPS) is 18.7. The van der Waals surface area contributed by atoms with Crippen molar-refractivity contribution in [1.82, 2.24) is 29.1 Å². The Labute approximate surface area is 185 Å². The maximum Gasteiger partial charge on any atom is 0.253 e. The molecule has 4 aromatic rings. The zero-order valence-electron chi connectivity index (χ0n) is 18.5. The van der Waals surface area contributed by atoms with E-state index in [9.17, 15) is 4.79 Å². The minimum atomic E-state index is -0.0592. The molecule has 0 atom stereocenters. The monoisotopic (exact) mass is 433 g/mol. The molecule has 0 bridgehead atoms. The second-order valence-electron chi connectivity index (χ2n) is 8.34. The predicted octanol–water partition coefficient (Wildman–Crippen LogP) is 3.13. The summed E-state index contributed by atoms with van der Waals surface area (Å²) in [6.45, 7) is 0. The Morgan fingerprint density at radius 2 is 1.94 bits per heavy atom. The number of pyridine rings is 2. The number of fused-ring (bicyclic) bond motifs is 1. The van der Waals surface area contributed by atoms with Crippen molar-refractivity contribution in [1.29, 1.82) is 0 Å². The van der Waals surface area contributed by atoms with E-state index in [1.165, 1.54) is 0 Å². The number of hydrogen-bond acceptors (Lipinski definition) is 6. The number of aryl methyl sites for hydroxylation is 1. The molecule has 1 aliphatic carbocycles. The summed E-state index contributed by atoms with van der Waals surface area (Å²) in [6.07, 6.45) is 9.51. The molecule has 9 nitrogen and oxygen atoms in total. The Morgan fingerprint density at radius 1 is 1.12 bits per heavy atom. The van der Waals surface area contributed by atoms with E-state index in [-0.39, 0.29) is 17.7 Å². The molecule has 1 fully saturated rings. The van der Waals surface area contributed by atoms with Gasteiger partial charge < -0.3 is 10.1 Å². The quantitative estimate of drug-likeness (QED) is 0.520. The van der Waals surface area contributed by atoms with Crippen molar-refractivity contribution in [3.05, 3.63) is 53.2 Å². The van der Waals surface area contributed by atoms with Crippen LogP contribution in [0.25, 0.3) is 22.2 Å². The molecule has 0 aromatic carbocycles. The highest BCUT2D eigenvalue weighted by Crippen LogP contribution is 2.36. The van der Waals surface area contributed by atoms with Crippen LogP contribution in [0.2, 0.25) is 0 Å². The van der Waals surface area contributed by atoms with Crippen molar-refractivity contribution in [3.8, 4) is 17.1 Å². The Bertz CT molecular complexity index is 1310. The molecule has 166 valence electrons. The molecule has 0 aliphatic heterocycles. The van der Waals surface area contributed by atoms with E-state index in [4.69, 9.17) is 9.84 Å². The summed E-state index contributed by atoms with van der Waals surface area (Å²) in [7, 11) is 5.52. The van der Waals surface area contributed by atoms with Crippen LogP contribution in [-0.4, -0.2) is 42.3 Å². The first-order valence-corrected chi connectivity index (χ1v) is 10.9. The van der Waals surface area contributed by atoms with Gasteiger partial charge in [0.25, 0.3) is 5.56 Å². The van der Waals surface area contributed by atoms with Gasteiger partial charge in [-0.05, 0) is 31.7 Å². The number of hydrogen-bond donors (Lipinski definition) is 1. The first kappa shape index (κ1) is 20.3. The van der Waals surface area contributed by atoms with Crippen LogP contribution in [0, 0.1) is 0 Å². The maximum atomic E-state index is 11.9. The summed E-state index contributed by atoms with van der Waals surface area (Å²) in [6, 6.07) is 7.47. The molecule has 4 aromatic heterocycles. The first-order chi connectivity index (χ1) is 15.5. The van der Waals surface area contributed by atoms with Gasteiger partial charge >= 0.3 is 0 Å². The van der Waals surface area contributed by atoms with Gasteiger partial charge in [0.05, 0.1) is 17.8 Å². The number of nitrogens with zero attached hydrogens (tertiary/aromatic N) is 6. The lowest BCUT2D eigenvalue weighted by molar-refractivity contribution is 0.121. The summed E-state index contributed by atoms with van der Waals surface area (Å²) in [5, 5.41) is 13.5. The molecule has 0 amide bonds. The lowest BCUT2D eigenvalue weighted by Gasteiger charge is -2.30. The van der Waals surface area contributed by atoms with E-state index in [1.54, 1.807) is 28.4 Å². The average Bonchev–Trinajstić information content (AvgIpc) is 3.40. The summed E-state index contributed by atoms with van der Waals surface area (Å²) in [4.78, 5) is 16.4. The lowest BCUT2D eigenvalue weighted by atomic mass is 9.93. The summed E-state index contributed by atoms with van der Waals surface area (Å²) in [5.41, 5.74) is 2.90. The van der Waals surface area contributed by atoms with Crippen LogP contribution in [0.4, 0.5) is 5.82 Å². The minimum Gasteiger partial charge on any atom is -0.475 e. The highest BCUT2D eigenvalue weighted by molar-refractivity contribution is 5.93. The smallest absolute Gasteiger partial charge is 0.253 e. The summed E-state index contributed by atoms with van der Waals surface area (Å²) < 4.78 is 11.6. The van der Waals surface area contributed by atoms with Crippen molar-refractivity contribution in [2.75, 3.05) is 12.4 Å². The summed E-state index contributed by atoms with van der Waals surface area (Å²) in [5.74, 6) is 1.44. The van der Waals surface area contributed by atoms with E-state index >= 15 is 0 Å². The molecular weight excluding hydrogens is 406 g/mol. The van der Waals surface area contributed by atoms with E-state index in [2.05, 4.69) is 26.1 Å². The van der Waals surface area contributed by atoms with Gasteiger partial charge in [0.15, 0.2) is 5.88 Å². The molecule has 9 heteroatoms. The molecule has 0 unspecified atom stereocenters. The van der Waals surface area contributed by atoms with Gasteiger partial charge in [-0.2, -0.15) is 10.2 Å². The Hall–Kier alpha value is -3.62. The van der Waals surface area contributed by atoms with Crippen molar-refractivity contribution >= 4 is 16.7 Å². The SMILES string of the molecule is CNc1cc2c(cn1)c(-c1cnn(C)c1)nn2[C@H]1CC[C@@H](Oc2cccc(=O)n2C)CC1. The highest BCUT2D eigenvalue weighted by Gasteiger charge is 2.27. The number of ether oxygens (including phenoxy) is 1. The van der Waals surface area contributed by atoms with Crippen molar-refractivity contribution in [2.24, 2.45) is 14.1 Å². The first-order valence-electron chi connectivity index (χ1n) is 10.9. The van der Waals surface area contributed by atoms with Crippen LogP contribution in [0.3, 0.4) is 0 Å². The molecular formula is C23H27N7O2. The molecule has 5 rings (SSSR count). The molecule has 1 saturated carbocycles. The van der Waals surface area contributed by atoms with Crippen LogP contribution in [0.1, 0.15) is 31.7 Å². The fourth-order valence-corrected chi connectivity index (χ4v) is 4.45. The largest absolute Gasteiger partial charge is 0.475 e. The highest BCUT2D eigenvalue weighted by atomic mass is 16.5. The number of aromatic nitrogens is 6. The van der Waals surface area contributed by atoms with Gasteiger partial charge in [0.1, 0.15) is 17.6 Å². The Balaban J connectivity index is 1.41. The second-order valence-corrected chi connectivity index (χ2v) is 8.34. The zero-order valence-corrected chi connectivity index (χ0v) is 18.5. The Morgan fingerprint density at radius 3 is 2.66 bits per heavy atom. The fourth-order valence-electron chi connectivity index (χ4n) is 4.45. The van der Waals surface area contributed by atoms with E-state index in [0.717, 1.165) is 53.7 Å². The zero-order chi connectivity index (χ0) is 22.2. The molecule has 1 N–H and O–H groups in total. The van der Waals surface area contributed by atoms with Crippen LogP contribution in [0.5, 0.6) is 5.88 Å². The third-order valence-electron chi connectivity index (χ3n) is 6.24. The molecule has 0 spiro atoms. The van der Waals surface area contributed by atoms with Crippen molar-refractivity contribution < 1.29 is 4.74 Å². The summed E-state index contributed by atoms with van der Waals surface area (Å²) >= 11 is 0. The number of anilines is 1. The standard InChI is InChI=1S/C23H27N7O2/c1-24-20-11-19-18(13-25-20)23(15-12-26-28(2)14-15)27-30(19)16-7-9-17(10-8-16)32-22-6-4-5-21(31)29(22)3/h4-6,11-14,16-17H,7-10H2,1-3H3,(H,24,25)/t16-,17+. The van der Waals surface area contributed by atoms with E-state index < -0.39 is 0 Å². The minimum absolute atomic E-state index is 0.0592. The lowest BCUT2D eigenvalue weighted by Crippen LogP contribution is -2.28. The van der Waals surface area contributed by atoms with Crippen LogP contribution < -0.4 is 15.6 Å². The van der Waals surface area contributed by atoms with E-state index in [0.29, 0.717) is 5.88 Å². The third-order valence-corrected chi connectivity index (χ3v) is 6.24. The van der Waals surface area contributed by atoms with Gasteiger partial charge in [0.2, 0.25) is 0 Å². The van der Waals surface area contributed by atoms with Gasteiger partial charge in [-0.15, -0.1) is 0 Å². The maximum absolute atomic E-state index is 11.9. The van der Waals surface area contributed by atoms with Gasteiger partial charge in [-0.3, -0.25) is 18.7 Å². The van der Waals surface area contributed by atoms with Gasteiger partial charge in [0, 0.05) is 56.6 Å². The van der Waals surface area contributed by atoms with Gasteiger partial charge in [-0.1, -0.05) is 6.07 Å². The van der Waals surface area contributed by atoms with Gasteiger partial charge in [-0.25, -0.2) is 4.98 Å². The average molecular weight is 434 g/mol. The fraction of sp³-hybridized carbons (Fsp3) is 0.391. The second kappa shape index (κ2) is 8.14. The number of nitrogens with one attached hydrogen (secondary N) is 1. The Kier molecular flexibility index (Phi) is 5.16. The van der Waals surface area contributed by atoms with Crippen molar-refractivity contribution in [3.63, 3.8) is 0 Å². The molecule has 0 saturated heterocycles. The molecule has 4 heterocycles. The topological polar surface area (TPSA) is 91.8 Å². The third kappa shape index (κ3) is 3.63. The molecule has 0 radical (unpaired) electrons. The van der Waals surface area contributed by atoms with Crippen LogP contribution in [0.15, 0.2) is 47.7 Å². The molecule has 32 heavy (non-hydrogen) atoms. The number of rotatable bonds is 5. The van der Waals surface area contributed by atoms with Crippen molar-refractivity contribution in [2.45, 2.75) is 37.8 Å². The van der Waals surface area contributed by atoms with Crippen LogP contribution in [-0.2, 0) is 14.1 Å². The van der Waals surface area contributed by atoms with E-state index in [1.807, 2.05) is 38.8 Å². The van der Waals surface area contributed by atoms with Crippen LogP contribution >= 0.6 is 0 Å². The molecule has 1 aliphatic rings. The predicted molar refractivity (Wildman–Crippen MR) is 123 cm³/mol.